The van der Waals surface area contributed by atoms with E-state index in [1.54, 1.807) is 35.5 Å². The molecule has 5 heteroatoms. The van der Waals surface area contributed by atoms with Crippen molar-refractivity contribution in [1.29, 1.82) is 0 Å². The molecule has 4 aromatic rings. The number of hydrogen-bond acceptors (Lipinski definition) is 5. The van der Waals surface area contributed by atoms with Gasteiger partial charge in [0.25, 0.3) is 0 Å². The molecule has 0 amide bonds. The van der Waals surface area contributed by atoms with Crippen LogP contribution in [0.1, 0.15) is 45.2 Å². The first-order valence-corrected chi connectivity index (χ1v) is 12.9. The minimum atomic E-state index is -0.0558. The van der Waals surface area contributed by atoms with Crippen LogP contribution in [0.3, 0.4) is 0 Å². The molecule has 2 atom stereocenters. The first-order valence-electron chi connectivity index (χ1n) is 12.9. The van der Waals surface area contributed by atoms with E-state index in [1.807, 2.05) is 24.3 Å². The Kier molecular flexibility index (Phi) is 7.51. The van der Waals surface area contributed by atoms with Crippen molar-refractivity contribution in [3.63, 3.8) is 0 Å². The van der Waals surface area contributed by atoms with Gasteiger partial charge in [-0.05, 0) is 65.1 Å². The van der Waals surface area contributed by atoms with Gasteiger partial charge < -0.3 is 23.7 Å². The van der Waals surface area contributed by atoms with Crippen molar-refractivity contribution < 1.29 is 23.7 Å². The second-order valence-corrected chi connectivity index (χ2v) is 9.68. The Bertz CT molecular complexity index is 1460. The van der Waals surface area contributed by atoms with Crippen LogP contribution in [0.4, 0.5) is 0 Å². The van der Waals surface area contributed by atoms with E-state index in [4.69, 9.17) is 23.7 Å². The molecule has 0 aromatic heterocycles. The molecular weight excluding hydrogens is 488 g/mol. The lowest BCUT2D eigenvalue weighted by Crippen LogP contribution is -2.09. The highest BCUT2D eigenvalue weighted by Gasteiger charge is 2.41. The molecule has 0 unspecified atom stereocenters. The Morgan fingerprint density at radius 3 is 1.69 bits per heavy atom. The monoisotopic (exact) mass is 522 g/mol. The van der Waals surface area contributed by atoms with Gasteiger partial charge in [0.05, 0.1) is 35.5 Å². The highest BCUT2D eigenvalue weighted by molar-refractivity contribution is 5.93. The highest BCUT2D eigenvalue weighted by atomic mass is 16.5. The Hall–Kier alpha value is -4.38. The van der Waals surface area contributed by atoms with Crippen molar-refractivity contribution in [2.45, 2.75) is 18.8 Å². The summed E-state index contributed by atoms with van der Waals surface area (Å²) < 4.78 is 28.6. The van der Waals surface area contributed by atoms with Crippen LogP contribution in [0.25, 0.3) is 11.6 Å². The third-order valence-corrected chi connectivity index (χ3v) is 7.47. The third kappa shape index (κ3) is 5.05. The van der Waals surface area contributed by atoms with Crippen LogP contribution in [0, 0.1) is 6.92 Å². The Morgan fingerprint density at radius 2 is 1.13 bits per heavy atom. The Balaban J connectivity index is 1.84. The fraction of sp³-hybridized carbons (Fsp3) is 0.235. The third-order valence-electron chi connectivity index (χ3n) is 7.47. The van der Waals surface area contributed by atoms with Gasteiger partial charge >= 0.3 is 0 Å². The SMILES string of the molecule is COc1ccc([C@@H]2c3c(OC)cc(OC)cc3/C(=C/c3ccc(C)cc3)[C@H]2c2cc(OC)cc(OC)c2)cc1. The Morgan fingerprint density at radius 1 is 0.538 bits per heavy atom. The summed E-state index contributed by atoms with van der Waals surface area (Å²) in [5.74, 6) is 3.74. The van der Waals surface area contributed by atoms with Gasteiger partial charge in [-0.15, -0.1) is 0 Å². The summed E-state index contributed by atoms with van der Waals surface area (Å²) in [4.78, 5) is 0. The van der Waals surface area contributed by atoms with Gasteiger partial charge in [0.15, 0.2) is 0 Å². The molecule has 0 N–H and O–H groups in total. The number of fused-ring (bicyclic) bond motifs is 1. The number of benzene rings is 4. The smallest absolute Gasteiger partial charge is 0.127 e. The van der Waals surface area contributed by atoms with E-state index in [0.29, 0.717) is 0 Å². The maximum absolute atomic E-state index is 6.00. The number of hydrogen-bond donors (Lipinski definition) is 0. The lowest BCUT2D eigenvalue weighted by molar-refractivity contribution is 0.389. The van der Waals surface area contributed by atoms with Crippen LogP contribution in [-0.2, 0) is 0 Å². The van der Waals surface area contributed by atoms with E-state index >= 15 is 0 Å². The number of rotatable bonds is 8. The number of aryl methyl sites for hydroxylation is 1. The molecule has 5 nitrogen and oxygen atoms in total. The molecule has 5 rings (SSSR count). The number of ether oxygens (including phenoxy) is 5. The molecule has 0 aliphatic heterocycles. The summed E-state index contributed by atoms with van der Waals surface area (Å²) >= 11 is 0. The van der Waals surface area contributed by atoms with Crippen molar-refractivity contribution in [2.24, 2.45) is 0 Å². The largest absolute Gasteiger partial charge is 0.497 e. The number of methoxy groups -OCH3 is 5. The molecular formula is C34H34O5. The average molecular weight is 523 g/mol. The lowest BCUT2D eigenvalue weighted by Gasteiger charge is -2.25. The fourth-order valence-corrected chi connectivity index (χ4v) is 5.52. The standard InChI is InChI=1S/C34H34O5/c1-21-7-9-22(10-8-21)15-29-30-19-28(38-5)20-31(39-6)34(30)33(23-11-13-25(35-2)14-12-23)32(29)24-16-26(36-3)18-27(17-24)37-4/h7-20,32-33H,1-6H3/b29-15-/t32-,33+/m1/s1. The molecule has 200 valence electrons. The summed E-state index contributed by atoms with van der Waals surface area (Å²) in [6.07, 6.45) is 2.28. The van der Waals surface area contributed by atoms with Gasteiger partial charge in [-0.25, -0.2) is 0 Å². The van der Waals surface area contributed by atoms with E-state index in [9.17, 15) is 0 Å². The molecule has 0 radical (unpaired) electrons. The maximum atomic E-state index is 6.00. The van der Waals surface area contributed by atoms with Crippen LogP contribution >= 0.6 is 0 Å². The molecule has 0 heterocycles. The summed E-state index contributed by atoms with van der Waals surface area (Å²) in [5, 5.41) is 0. The normalized spacial score (nSPS) is 17.0. The molecule has 0 saturated carbocycles. The topological polar surface area (TPSA) is 46.2 Å². The second kappa shape index (κ2) is 11.2. The average Bonchev–Trinajstić information content (AvgIpc) is 3.31. The zero-order chi connectivity index (χ0) is 27.5. The van der Waals surface area contributed by atoms with E-state index < -0.39 is 0 Å². The second-order valence-electron chi connectivity index (χ2n) is 9.68. The van der Waals surface area contributed by atoms with Gasteiger partial charge in [-0.2, -0.15) is 0 Å². The molecule has 4 aromatic carbocycles. The van der Waals surface area contributed by atoms with Crippen LogP contribution in [-0.4, -0.2) is 35.5 Å². The summed E-state index contributed by atoms with van der Waals surface area (Å²) in [7, 11) is 8.44. The fourth-order valence-electron chi connectivity index (χ4n) is 5.52. The predicted octanol–water partition coefficient (Wildman–Crippen LogP) is 7.51. The van der Waals surface area contributed by atoms with Crippen molar-refractivity contribution >= 4 is 11.6 Å². The highest BCUT2D eigenvalue weighted by Crippen LogP contribution is 2.59. The first kappa shape index (κ1) is 26.2. The zero-order valence-corrected chi connectivity index (χ0v) is 23.3. The van der Waals surface area contributed by atoms with Gasteiger partial charge in [-0.1, -0.05) is 48.0 Å². The van der Waals surface area contributed by atoms with Crippen molar-refractivity contribution in [3.05, 3.63) is 112 Å². The summed E-state index contributed by atoms with van der Waals surface area (Å²) in [6, 6.07) is 27.1. The van der Waals surface area contributed by atoms with Crippen molar-refractivity contribution in [1.82, 2.24) is 0 Å². The molecule has 1 aliphatic rings. The van der Waals surface area contributed by atoms with Gasteiger partial charge in [0.2, 0.25) is 0 Å². The molecule has 0 spiro atoms. The minimum absolute atomic E-state index is 0.0414. The van der Waals surface area contributed by atoms with Gasteiger partial charge in [0.1, 0.15) is 28.7 Å². The Labute approximate surface area is 230 Å². The number of allylic oxidation sites excluding steroid dienone is 1. The molecule has 0 fully saturated rings. The predicted molar refractivity (Wildman–Crippen MR) is 156 cm³/mol. The van der Waals surface area contributed by atoms with Crippen LogP contribution in [0.2, 0.25) is 0 Å². The molecule has 0 bridgehead atoms. The minimum Gasteiger partial charge on any atom is -0.497 e. The quantitative estimate of drug-likeness (QED) is 0.240. The van der Waals surface area contributed by atoms with Crippen LogP contribution in [0.15, 0.2) is 78.9 Å². The van der Waals surface area contributed by atoms with E-state index in [2.05, 4.69) is 67.6 Å². The van der Waals surface area contributed by atoms with E-state index in [-0.39, 0.29) is 11.8 Å². The van der Waals surface area contributed by atoms with Crippen LogP contribution < -0.4 is 23.7 Å². The van der Waals surface area contributed by atoms with Gasteiger partial charge in [0, 0.05) is 29.5 Å². The van der Waals surface area contributed by atoms with E-state index in [0.717, 1.165) is 56.6 Å². The molecule has 0 saturated heterocycles. The summed E-state index contributed by atoms with van der Waals surface area (Å²) in [6.45, 7) is 2.10. The zero-order valence-electron chi connectivity index (χ0n) is 23.3. The van der Waals surface area contributed by atoms with Crippen molar-refractivity contribution in [3.8, 4) is 28.7 Å². The lowest BCUT2D eigenvalue weighted by atomic mass is 9.79. The first-order chi connectivity index (χ1) is 19.0. The molecule has 1 aliphatic carbocycles. The molecule has 39 heavy (non-hydrogen) atoms. The van der Waals surface area contributed by atoms with Crippen LogP contribution in [0.5, 0.6) is 28.7 Å². The maximum Gasteiger partial charge on any atom is 0.127 e. The van der Waals surface area contributed by atoms with E-state index in [1.165, 1.54) is 11.1 Å². The van der Waals surface area contributed by atoms with Gasteiger partial charge in [-0.3, -0.25) is 0 Å². The van der Waals surface area contributed by atoms with Crippen molar-refractivity contribution in [2.75, 3.05) is 35.5 Å². The summed E-state index contributed by atoms with van der Waals surface area (Å²) in [5.41, 5.74) is 7.97.